The minimum absolute atomic E-state index is 0.119. The van der Waals surface area contributed by atoms with E-state index in [1.54, 1.807) is 31.2 Å². The van der Waals surface area contributed by atoms with Crippen LogP contribution in [0.1, 0.15) is 29.8 Å². The lowest BCUT2D eigenvalue weighted by Gasteiger charge is -2.29. The zero-order valence-corrected chi connectivity index (χ0v) is 16.6. The van der Waals surface area contributed by atoms with Crippen LogP contribution >= 0.6 is 0 Å². The van der Waals surface area contributed by atoms with Gasteiger partial charge < -0.3 is 15.8 Å². The van der Waals surface area contributed by atoms with Gasteiger partial charge in [-0.25, -0.2) is 5.48 Å². The van der Waals surface area contributed by atoms with E-state index >= 15 is 0 Å². The molecule has 8 heteroatoms. The fourth-order valence-corrected chi connectivity index (χ4v) is 2.73. The Balaban J connectivity index is 1.95. The molecule has 0 radical (unpaired) electrons. The number of ether oxygens (including phenoxy) is 1. The van der Waals surface area contributed by atoms with Gasteiger partial charge in [-0.1, -0.05) is 11.8 Å². The highest BCUT2D eigenvalue weighted by atomic mass is 16.5. The van der Waals surface area contributed by atoms with Gasteiger partial charge in [0, 0.05) is 30.3 Å². The fourth-order valence-electron chi connectivity index (χ4n) is 2.73. The van der Waals surface area contributed by atoms with Crippen LogP contribution in [0.25, 0.3) is 0 Å². The predicted octanol–water partition coefficient (Wildman–Crippen LogP) is -0.287. The third kappa shape index (κ3) is 6.90. The molecule has 3 atom stereocenters. The molecule has 0 aliphatic carbocycles. The van der Waals surface area contributed by atoms with Gasteiger partial charge >= 0.3 is 0 Å². The number of carbonyl (C=O) groups excluding carboxylic acids is 2. The monoisotopic (exact) mass is 398 g/mol. The number of hydrogen-bond acceptors (Lipinski definition) is 6. The minimum Gasteiger partial charge on any atom is -0.379 e. The Labute approximate surface area is 170 Å². The molecule has 29 heavy (non-hydrogen) atoms. The van der Waals surface area contributed by atoms with Crippen molar-refractivity contribution in [2.24, 2.45) is 5.73 Å². The number of morpholine rings is 1. The van der Waals surface area contributed by atoms with Crippen LogP contribution in [0.3, 0.4) is 0 Å². The van der Waals surface area contributed by atoms with Gasteiger partial charge in [0.05, 0.1) is 19.3 Å². The Hall–Kier alpha value is -2.88. The summed E-state index contributed by atoms with van der Waals surface area (Å²) in [4.78, 5) is 26.1. The van der Waals surface area contributed by atoms with Crippen molar-refractivity contribution < 1.29 is 19.5 Å². The van der Waals surface area contributed by atoms with Crippen molar-refractivity contribution >= 4 is 11.8 Å². The van der Waals surface area contributed by atoms with E-state index in [1.165, 1.54) is 5.48 Å². The first-order valence-electron chi connectivity index (χ1n) is 9.36. The Morgan fingerprint density at radius 2 is 1.83 bits per heavy atom. The molecular formula is C21H26N4O4. The number of hydroxylamine groups is 1. The van der Waals surface area contributed by atoms with Crippen LogP contribution in [0.15, 0.2) is 24.3 Å². The maximum Gasteiger partial charge on any atom is 0.267 e. The molecule has 1 saturated heterocycles. The molecule has 5 N–H and O–H groups in total. The number of carbonyl (C=O) groups is 2. The third-order valence-electron chi connectivity index (χ3n) is 4.50. The summed E-state index contributed by atoms with van der Waals surface area (Å²) in [5, 5.41) is 11.2. The molecule has 0 spiro atoms. The second-order valence-electron chi connectivity index (χ2n) is 6.71. The lowest BCUT2D eigenvalue weighted by Crippen LogP contribution is -2.54. The van der Waals surface area contributed by atoms with Crippen LogP contribution in [0.2, 0.25) is 0 Å². The van der Waals surface area contributed by atoms with Gasteiger partial charge in [-0.3, -0.25) is 19.7 Å². The summed E-state index contributed by atoms with van der Waals surface area (Å²) >= 11 is 0. The molecular weight excluding hydrogens is 372 g/mol. The van der Waals surface area contributed by atoms with Crippen molar-refractivity contribution in [3.63, 3.8) is 0 Å². The van der Waals surface area contributed by atoms with Gasteiger partial charge in [-0.2, -0.15) is 0 Å². The molecule has 2 rings (SSSR count). The topological polar surface area (TPSA) is 117 Å². The largest absolute Gasteiger partial charge is 0.379 e. The number of rotatable bonds is 5. The Kier molecular flexibility index (Phi) is 8.66. The van der Waals surface area contributed by atoms with Crippen molar-refractivity contribution in [3.8, 4) is 23.7 Å². The van der Waals surface area contributed by atoms with Crippen LogP contribution in [0, 0.1) is 23.7 Å². The molecule has 1 aromatic carbocycles. The number of nitrogens with zero attached hydrogens (tertiary/aromatic N) is 1. The van der Waals surface area contributed by atoms with E-state index < -0.39 is 23.9 Å². The van der Waals surface area contributed by atoms with Crippen molar-refractivity contribution in [1.29, 1.82) is 0 Å². The molecule has 0 unspecified atom stereocenters. The van der Waals surface area contributed by atoms with E-state index in [0.29, 0.717) is 11.1 Å². The lowest BCUT2D eigenvalue weighted by molar-refractivity contribution is -0.131. The van der Waals surface area contributed by atoms with Crippen LogP contribution in [0.5, 0.6) is 0 Å². The van der Waals surface area contributed by atoms with E-state index in [-0.39, 0.29) is 6.04 Å². The van der Waals surface area contributed by atoms with Gasteiger partial charge in [-0.15, -0.1) is 0 Å². The van der Waals surface area contributed by atoms with Gasteiger partial charge in [0.15, 0.2) is 0 Å². The van der Waals surface area contributed by atoms with E-state index in [0.717, 1.165) is 26.3 Å². The zero-order valence-electron chi connectivity index (χ0n) is 16.6. The van der Waals surface area contributed by atoms with Crippen molar-refractivity contribution in [2.45, 2.75) is 32.0 Å². The first-order chi connectivity index (χ1) is 13.9. The van der Waals surface area contributed by atoms with E-state index in [2.05, 4.69) is 33.9 Å². The van der Waals surface area contributed by atoms with E-state index in [4.69, 9.17) is 15.7 Å². The fraction of sp³-hybridized carbons (Fsp3) is 0.429. The number of nitrogens with two attached hydrogens (primary N) is 1. The quantitative estimate of drug-likeness (QED) is 0.308. The van der Waals surface area contributed by atoms with E-state index in [1.807, 2.05) is 6.92 Å². The molecule has 0 bridgehead atoms. The second kappa shape index (κ2) is 11.2. The molecule has 0 saturated carbocycles. The Bertz CT molecular complexity index is 824. The highest BCUT2D eigenvalue weighted by Crippen LogP contribution is 2.05. The van der Waals surface area contributed by atoms with Gasteiger partial charge in [0.25, 0.3) is 11.8 Å². The lowest BCUT2D eigenvalue weighted by atomic mass is 10.1. The molecule has 2 amide bonds. The highest BCUT2D eigenvalue weighted by molar-refractivity contribution is 5.97. The number of nitrogens with one attached hydrogen (secondary N) is 2. The Morgan fingerprint density at radius 3 is 2.41 bits per heavy atom. The Morgan fingerprint density at radius 1 is 1.17 bits per heavy atom. The van der Waals surface area contributed by atoms with E-state index in [9.17, 15) is 9.59 Å². The highest BCUT2D eigenvalue weighted by Gasteiger charge is 2.24. The van der Waals surface area contributed by atoms with Gasteiger partial charge in [0.1, 0.15) is 6.04 Å². The minimum atomic E-state index is -1.05. The normalized spacial score (nSPS) is 16.8. The first-order valence-corrected chi connectivity index (χ1v) is 9.36. The summed E-state index contributed by atoms with van der Waals surface area (Å²) in [5.41, 5.74) is 8.23. The number of benzene rings is 1. The molecule has 8 nitrogen and oxygen atoms in total. The smallest absolute Gasteiger partial charge is 0.267 e. The summed E-state index contributed by atoms with van der Waals surface area (Å²) in [5.74, 6) is 10.5. The number of hydrogen-bond donors (Lipinski definition) is 4. The molecule has 1 heterocycles. The van der Waals surface area contributed by atoms with Crippen LogP contribution in [-0.2, 0) is 9.53 Å². The third-order valence-corrected chi connectivity index (χ3v) is 4.50. The molecule has 154 valence electrons. The summed E-state index contributed by atoms with van der Waals surface area (Å²) in [6.07, 6.45) is 0. The summed E-state index contributed by atoms with van der Waals surface area (Å²) in [6, 6.07) is 4.99. The van der Waals surface area contributed by atoms with Gasteiger partial charge in [0.2, 0.25) is 0 Å². The summed E-state index contributed by atoms with van der Waals surface area (Å²) < 4.78 is 5.33. The molecule has 1 aromatic rings. The standard InChI is InChI=1S/C21H26N4O4/c1-15(25-11-13-29-14-12-25)5-3-4-6-17-7-9-18(10-8-17)20(26)23-19(16(2)22)21(27)24-28/h7-10,15-16,19,28H,11-14,22H2,1-2H3,(H,23,26)(H,24,27)/t15-,16-,19+/m1/s1. The molecule has 1 aliphatic heterocycles. The van der Waals surface area contributed by atoms with Crippen molar-refractivity contribution in [1.82, 2.24) is 15.7 Å². The van der Waals surface area contributed by atoms with Crippen molar-refractivity contribution in [3.05, 3.63) is 35.4 Å². The molecule has 0 aromatic heterocycles. The second-order valence-corrected chi connectivity index (χ2v) is 6.71. The SMILES string of the molecule is C[C@H](C#CC#Cc1ccc(C(=O)N[C@H](C(=O)NO)[C@@H](C)N)cc1)N1CCOCC1. The summed E-state index contributed by atoms with van der Waals surface area (Å²) in [7, 11) is 0. The van der Waals surface area contributed by atoms with Crippen LogP contribution < -0.4 is 16.5 Å². The number of amides is 2. The maximum absolute atomic E-state index is 12.3. The van der Waals surface area contributed by atoms with Gasteiger partial charge in [-0.05, 0) is 50.0 Å². The predicted molar refractivity (Wildman–Crippen MR) is 108 cm³/mol. The summed E-state index contributed by atoms with van der Waals surface area (Å²) in [6.45, 7) is 6.80. The molecule has 1 fully saturated rings. The maximum atomic E-state index is 12.3. The van der Waals surface area contributed by atoms with Crippen molar-refractivity contribution in [2.75, 3.05) is 26.3 Å². The van der Waals surface area contributed by atoms with Crippen LogP contribution in [-0.4, -0.2) is 66.4 Å². The molecule has 1 aliphatic rings. The first kappa shape index (κ1) is 22.4. The van der Waals surface area contributed by atoms with Crippen LogP contribution in [0.4, 0.5) is 0 Å². The zero-order chi connectivity index (χ0) is 21.2. The average Bonchev–Trinajstić information content (AvgIpc) is 2.75. The average molecular weight is 398 g/mol.